The summed E-state index contributed by atoms with van der Waals surface area (Å²) >= 11 is 0. The first-order chi connectivity index (χ1) is 15.9. The van der Waals surface area contributed by atoms with E-state index in [-0.39, 0.29) is 29.4 Å². The quantitative estimate of drug-likeness (QED) is 0.565. The lowest BCUT2D eigenvalue weighted by atomic mass is 10.2. The molecular weight excluding hydrogens is 451 g/mol. The van der Waals surface area contributed by atoms with Crippen LogP contribution < -0.4 is 10.1 Å². The van der Waals surface area contributed by atoms with E-state index in [4.69, 9.17) is 9.47 Å². The lowest BCUT2D eigenvalue weighted by molar-refractivity contribution is 0.0730. The molecule has 1 fully saturated rings. The molecule has 1 aliphatic rings. The van der Waals surface area contributed by atoms with Crippen molar-refractivity contribution in [2.24, 2.45) is 0 Å². The molecule has 0 radical (unpaired) electrons. The fourth-order valence-electron chi connectivity index (χ4n) is 3.38. The minimum absolute atomic E-state index is 0.0356. The minimum Gasteiger partial charge on any atom is -0.492 e. The molecule has 2 aromatic carbocycles. The van der Waals surface area contributed by atoms with Crippen LogP contribution in [0.5, 0.6) is 5.75 Å². The smallest absolute Gasteiger partial charge is 0.276 e. The number of benzene rings is 2. The van der Waals surface area contributed by atoms with Crippen molar-refractivity contribution in [2.75, 3.05) is 38.2 Å². The summed E-state index contributed by atoms with van der Waals surface area (Å²) in [5.41, 5.74) is 0.738. The van der Waals surface area contributed by atoms with E-state index in [0.717, 1.165) is 0 Å². The predicted octanol–water partition coefficient (Wildman–Crippen LogP) is 2.68. The van der Waals surface area contributed by atoms with Crippen LogP contribution in [-0.4, -0.2) is 61.3 Å². The average Bonchev–Trinajstić information content (AvgIpc) is 3.31. The minimum atomic E-state index is -3.76. The summed E-state index contributed by atoms with van der Waals surface area (Å²) in [6.45, 7) is 3.28. The molecule has 0 spiro atoms. The molecule has 0 unspecified atom stereocenters. The van der Waals surface area contributed by atoms with E-state index in [1.165, 1.54) is 51.6 Å². The van der Waals surface area contributed by atoms with Gasteiger partial charge in [-0.05, 0) is 49.4 Å². The first kappa shape index (κ1) is 22.9. The maximum atomic E-state index is 13.5. The zero-order chi connectivity index (χ0) is 23.4. The van der Waals surface area contributed by atoms with Crippen LogP contribution in [0.15, 0.2) is 59.6 Å². The van der Waals surface area contributed by atoms with Crippen molar-refractivity contribution < 1.29 is 27.1 Å². The Morgan fingerprint density at radius 2 is 1.97 bits per heavy atom. The van der Waals surface area contributed by atoms with E-state index in [1.54, 1.807) is 19.1 Å². The lowest BCUT2D eigenvalue weighted by Gasteiger charge is -2.26. The van der Waals surface area contributed by atoms with Crippen LogP contribution in [-0.2, 0) is 14.8 Å². The summed E-state index contributed by atoms with van der Waals surface area (Å²) in [7, 11) is -3.76. The number of carbonyl (C=O) groups excluding carboxylic acids is 1. The van der Waals surface area contributed by atoms with Gasteiger partial charge in [0.2, 0.25) is 10.0 Å². The Morgan fingerprint density at radius 1 is 1.18 bits per heavy atom. The Morgan fingerprint density at radius 3 is 2.70 bits per heavy atom. The first-order valence-electron chi connectivity index (χ1n) is 10.4. The summed E-state index contributed by atoms with van der Waals surface area (Å²) in [6, 6.07) is 11.6. The number of nitrogens with one attached hydrogen (secondary N) is 1. The van der Waals surface area contributed by atoms with Gasteiger partial charge in [-0.25, -0.2) is 17.5 Å². The fourth-order valence-corrected chi connectivity index (χ4v) is 4.81. The second-order valence-electron chi connectivity index (χ2n) is 7.19. The van der Waals surface area contributed by atoms with Gasteiger partial charge in [0, 0.05) is 19.3 Å². The lowest BCUT2D eigenvalue weighted by Crippen LogP contribution is -2.40. The van der Waals surface area contributed by atoms with Gasteiger partial charge in [-0.2, -0.15) is 9.40 Å². The van der Waals surface area contributed by atoms with Crippen LogP contribution in [0, 0.1) is 5.82 Å². The molecule has 2 heterocycles. The van der Waals surface area contributed by atoms with Crippen molar-refractivity contribution in [1.29, 1.82) is 0 Å². The summed E-state index contributed by atoms with van der Waals surface area (Å²) < 4.78 is 53.1. The third kappa shape index (κ3) is 5.05. The van der Waals surface area contributed by atoms with Crippen LogP contribution in [0.2, 0.25) is 0 Å². The van der Waals surface area contributed by atoms with Gasteiger partial charge in [0.05, 0.1) is 36.1 Å². The van der Waals surface area contributed by atoms with Crippen molar-refractivity contribution in [2.45, 2.75) is 11.8 Å². The summed E-state index contributed by atoms with van der Waals surface area (Å²) in [5, 5.41) is 6.88. The average molecular weight is 475 g/mol. The van der Waals surface area contributed by atoms with Crippen molar-refractivity contribution in [1.82, 2.24) is 14.1 Å². The topological polar surface area (TPSA) is 103 Å². The monoisotopic (exact) mass is 474 g/mol. The molecule has 4 rings (SSSR count). The van der Waals surface area contributed by atoms with E-state index in [0.29, 0.717) is 31.3 Å². The number of anilines is 1. The third-order valence-electron chi connectivity index (χ3n) is 5.00. The normalized spacial score (nSPS) is 14.7. The van der Waals surface area contributed by atoms with Gasteiger partial charge in [-0.15, -0.1) is 0 Å². The number of amides is 1. The van der Waals surface area contributed by atoms with Gasteiger partial charge in [0.15, 0.2) is 5.69 Å². The summed E-state index contributed by atoms with van der Waals surface area (Å²) in [5.74, 6) is -0.656. The number of ether oxygens (including phenoxy) is 2. The molecular formula is C22H23FN4O5S. The largest absolute Gasteiger partial charge is 0.492 e. The van der Waals surface area contributed by atoms with Crippen molar-refractivity contribution in [3.05, 3.63) is 66.2 Å². The zero-order valence-corrected chi connectivity index (χ0v) is 18.7. The SMILES string of the molecule is CCOc1ccc(S(=O)(=O)N2CCOCC2)cc1NC(=O)c1ccn(-c2cccc(F)c2)n1. The number of halogens is 1. The van der Waals surface area contributed by atoms with Crippen LogP contribution in [0.1, 0.15) is 17.4 Å². The number of nitrogens with zero attached hydrogens (tertiary/aromatic N) is 3. The standard InChI is InChI=1S/C22H23FN4O5S/c1-2-32-21-7-6-18(33(29,30)26-10-12-31-13-11-26)15-20(21)24-22(28)19-8-9-27(25-19)17-5-3-4-16(23)14-17/h3-9,14-15H,2,10-13H2,1H3,(H,24,28). The maximum absolute atomic E-state index is 13.5. The van der Waals surface area contributed by atoms with Gasteiger partial charge >= 0.3 is 0 Å². The molecule has 1 saturated heterocycles. The van der Waals surface area contributed by atoms with E-state index < -0.39 is 21.7 Å². The number of rotatable bonds is 7. The zero-order valence-electron chi connectivity index (χ0n) is 17.9. The Labute approximate surface area is 190 Å². The molecule has 9 nitrogen and oxygen atoms in total. The van der Waals surface area contributed by atoms with Gasteiger partial charge in [0.25, 0.3) is 5.91 Å². The highest BCUT2D eigenvalue weighted by Crippen LogP contribution is 2.30. The fraction of sp³-hybridized carbons (Fsp3) is 0.273. The Balaban J connectivity index is 1.60. The second-order valence-corrected chi connectivity index (χ2v) is 9.12. The molecule has 1 aliphatic heterocycles. The highest BCUT2D eigenvalue weighted by molar-refractivity contribution is 7.89. The highest BCUT2D eigenvalue weighted by Gasteiger charge is 2.27. The molecule has 0 atom stereocenters. The van der Waals surface area contributed by atoms with Crippen molar-refractivity contribution in [3.8, 4) is 11.4 Å². The third-order valence-corrected chi connectivity index (χ3v) is 6.90. The molecule has 33 heavy (non-hydrogen) atoms. The summed E-state index contributed by atoms with van der Waals surface area (Å²) in [6.07, 6.45) is 1.53. The molecule has 0 bridgehead atoms. The van der Waals surface area contributed by atoms with Crippen LogP contribution in [0.3, 0.4) is 0 Å². The molecule has 1 amide bonds. The number of aromatic nitrogens is 2. The first-order valence-corrected chi connectivity index (χ1v) is 11.8. The number of hydrogen-bond acceptors (Lipinski definition) is 6. The van der Waals surface area contributed by atoms with E-state index in [1.807, 2.05) is 0 Å². The number of sulfonamides is 1. The number of morpholine rings is 1. The Hall–Kier alpha value is -3.28. The molecule has 11 heteroatoms. The van der Waals surface area contributed by atoms with E-state index >= 15 is 0 Å². The van der Waals surface area contributed by atoms with Crippen LogP contribution >= 0.6 is 0 Å². The van der Waals surface area contributed by atoms with Gasteiger partial charge in [-0.3, -0.25) is 4.79 Å². The predicted molar refractivity (Wildman–Crippen MR) is 119 cm³/mol. The molecule has 174 valence electrons. The van der Waals surface area contributed by atoms with Gasteiger partial charge < -0.3 is 14.8 Å². The molecule has 1 N–H and O–H groups in total. The molecule has 0 saturated carbocycles. The molecule has 0 aliphatic carbocycles. The molecule has 3 aromatic rings. The van der Waals surface area contributed by atoms with Gasteiger partial charge in [-0.1, -0.05) is 6.07 Å². The van der Waals surface area contributed by atoms with Crippen molar-refractivity contribution in [3.63, 3.8) is 0 Å². The second kappa shape index (κ2) is 9.69. The molecule has 1 aromatic heterocycles. The van der Waals surface area contributed by atoms with E-state index in [9.17, 15) is 17.6 Å². The van der Waals surface area contributed by atoms with Crippen LogP contribution in [0.4, 0.5) is 10.1 Å². The highest BCUT2D eigenvalue weighted by atomic mass is 32.2. The van der Waals surface area contributed by atoms with Crippen LogP contribution in [0.25, 0.3) is 5.69 Å². The summed E-state index contributed by atoms with van der Waals surface area (Å²) in [4.78, 5) is 12.9. The van der Waals surface area contributed by atoms with Gasteiger partial charge in [0.1, 0.15) is 11.6 Å². The van der Waals surface area contributed by atoms with Crippen molar-refractivity contribution >= 4 is 21.6 Å². The van der Waals surface area contributed by atoms with E-state index in [2.05, 4.69) is 10.4 Å². The Kier molecular flexibility index (Phi) is 6.72. The number of hydrogen-bond donors (Lipinski definition) is 1. The Bertz CT molecular complexity index is 1260. The number of carbonyl (C=O) groups is 1. The maximum Gasteiger partial charge on any atom is 0.276 e.